The molecule has 0 radical (unpaired) electrons. The van der Waals surface area contributed by atoms with Crippen LogP contribution in [0.2, 0.25) is 0 Å². The highest BCUT2D eigenvalue weighted by atomic mass is 19.1. The van der Waals surface area contributed by atoms with Gasteiger partial charge in [-0.1, -0.05) is 0 Å². The molecule has 2 aromatic carbocycles. The van der Waals surface area contributed by atoms with Crippen molar-refractivity contribution in [3.05, 3.63) is 99.7 Å². The molecule has 3 heterocycles. The first kappa shape index (κ1) is 29.5. The van der Waals surface area contributed by atoms with Gasteiger partial charge in [0.25, 0.3) is 11.5 Å². The number of hydrogen-bond acceptors (Lipinski definition) is 8. The molecule has 3 aromatic heterocycles. The van der Waals surface area contributed by atoms with Gasteiger partial charge in [-0.25, -0.2) is 13.8 Å². The molecule has 1 aliphatic rings. The van der Waals surface area contributed by atoms with Crippen molar-refractivity contribution in [1.29, 1.82) is 0 Å². The van der Waals surface area contributed by atoms with E-state index in [4.69, 9.17) is 14.2 Å². The smallest absolute Gasteiger partial charge is 0.268 e. The van der Waals surface area contributed by atoms with Crippen LogP contribution in [0.15, 0.2) is 65.7 Å². The number of methoxy groups -OCH3 is 3. The number of rotatable bonds is 9. The number of benzene rings is 2. The van der Waals surface area contributed by atoms with Crippen LogP contribution >= 0.6 is 0 Å². The average Bonchev–Trinajstić information content (AvgIpc) is 3.88. The van der Waals surface area contributed by atoms with Crippen molar-refractivity contribution in [3.8, 4) is 23.1 Å². The van der Waals surface area contributed by atoms with Crippen LogP contribution in [0.25, 0.3) is 16.6 Å². The number of pyridine rings is 3. The van der Waals surface area contributed by atoms with Crippen LogP contribution in [0.4, 0.5) is 25.8 Å². The highest BCUT2D eigenvalue weighted by Crippen LogP contribution is 2.41. The summed E-state index contributed by atoms with van der Waals surface area (Å²) in [6.07, 6.45) is 4.45. The summed E-state index contributed by atoms with van der Waals surface area (Å²) in [7, 11) is 4.43. The van der Waals surface area contributed by atoms with Gasteiger partial charge in [0, 0.05) is 28.9 Å². The number of ether oxygens (including phenoxy) is 3. The van der Waals surface area contributed by atoms with Gasteiger partial charge >= 0.3 is 0 Å². The number of hydrogen-bond donors (Lipinski definition) is 2. The number of nitrogens with one attached hydrogen (secondary N) is 2. The van der Waals surface area contributed by atoms with Crippen molar-refractivity contribution in [3.63, 3.8) is 0 Å². The Labute approximate surface area is 256 Å². The Hall–Kier alpha value is -5.52. The molecule has 0 bridgehead atoms. The van der Waals surface area contributed by atoms with E-state index in [1.54, 1.807) is 30.5 Å². The molecule has 1 fully saturated rings. The molecule has 1 aliphatic carbocycles. The summed E-state index contributed by atoms with van der Waals surface area (Å²) in [4.78, 5) is 35.4. The van der Waals surface area contributed by atoms with Crippen LogP contribution in [0.5, 0.6) is 17.4 Å². The van der Waals surface area contributed by atoms with Gasteiger partial charge in [0.1, 0.15) is 11.4 Å². The van der Waals surface area contributed by atoms with Gasteiger partial charge in [-0.2, -0.15) is 0 Å². The zero-order valence-corrected chi connectivity index (χ0v) is 24.9. The van der Waals surface area contributed by atoms with Crippen LogP contribution in [0.3, 0.4) is 0 Å². The molecule has 10 nitrogen and oxygen atoms in total. The molecule has 1 amide bonds. The van der Waals surface area contributed by atoms with Crippen LogP contribution < -0.4 is 30.4 Å². The minimum absolute atomic E-state index is 0.0174. The van der Waals surface area contributed by atoms with E-state index in [1.165, 1.54) is 44.1 Å². The fourth-order valence-corrected chi connectivity index (χ4v) is 5.19. The molecular weight excluding hydrogens is 584 g/mol. The second-order valence-electron chi connectivity index (χ2n) is 10.6. The SMILES string of the molecule is COc1cc(C)c(-n2c(C3CC3)ccc(C(=O)Nc3ccc(Nc4c(F)cnc5cc(OC)c(OC)cc45)c(F)c3)c2=O)cn1. The lowest BCUT2D eigenvalue weighted by molar-refractivity contribution is 0.102. The van der Waals surface area contributed by atoms with Gasteiger partial charge in [0.05, 0.1) is 56.3 Å². The number of carbonyl (C=O) groups is 1. The quantitative estimate of drug-likeness (QED) is 0.200. The largest absolute Gasteiger partial charge is 0.493 e. The maximum Gasteiger partial charge on any atom is 0.268 e. The predicted molar refractivity (Wildman–Crippen MR) is 166 cm³/mol. The van der Waals surface area contributed by atoms with Crippen molar-refractivity contribution in [1.82, 2.24) is 14.5 Å². The van der Waals surface area contributed by atoms with E-state index in [-0.39, 0.29) is 28.5 Å². The summed E-state index contributed by atoms with van der Waals surface area (Å²) in [5.74, 6) is -0.809. The zero-order valence-electron chi connectivity index (χ0n) is 24.9. The minimum atomic E-state index is -0.765. The lowest BCUT2D eigenvalue weighted by Gasteiger charge is -2.17. The number of fused-ring (bicyclic) bond motifs is 1. The van der Waals surface area contributed by atoms with Crippen LogP contribution in [0, 0.1) is 18.6 Å². The number of anilines is 3. The third-order valence-electron chi connectivity index (χ3n) is 7.67. The maximum absolute atomic E-state index is 15.3. The Morgan fingerprint density at radius 3 is 2.33 bits per heavy atom. The van der Waals surface area contributed by atoms with Gasteiger partial charge in [-0.15, -0.1) is 0 Å². The van der Waals surface area contributed by atoms with Crippen molar-refractivity contribution in [2.75, 3.05) is 32.0 Å². The molecule has 230 valence electrons. The highest BCUT2D eigenvalue weighted by molar-refractivity contribution is 6.04. The molecule has 12 heteroatoms. The predicted octanol–water partition coefficient (Wildman–Crippen LogP) is 6.27. The first-order valence-electron chi connectivity index (χ1n) is 14.1. The van der Waals surface area contributed by atoms with Gasteiger partial charge in [0.2, 0.25) is 5.88 Å². The van der Waals surface area contributed by atoms with Crippen molar-refractivity contribution in [2.24, 2.45) is 0 Å². The van der Waals surface area contributed by atoms with E-state index in [2.05, 4.69) is 20.6 Å². The fraction of sp³-hybridized carbons (Fsp3) is 0.212. The number of aromatic nitrogens is 3. The monoisotopic (exact) mass is 613 g/mol. The van der Waals surface area contributed by atoms with Gasteiger partial charge in [0.15, 0.2) is 17.3 Å². The van der Waals surface area contributed by atoms with Gasteiger partial charge < -0.3 is 24.8 Å². The van der Waals surface area contributed by atoms with Crippen LogP contribution in [0.1, 0.15) is 40.4 Å². The van der Waals surface area contributed by atoms with Crippen LogP contribution in [-0.2, 0) is 0 Å². The van der Waals surface area contributed by atoms with Crippen LogP contribution in [-0.4, -0.2) is 41.8 Å². The van der Waals surface area contributed by atoms with Crippen molar-refractivity contribution in [2.45, 2.75) is 25.7 Å². The summed E-state index contributed by atoms with van der Waals surface area (Å²) in [5, 5.41) is 5.74. The van der Waals surface area contributed by atoms with E-state index >= 15 is 4.39 Å². The van der Waals surface area contributed by atoms with Crippen molar-refractivity contribution < 1.29 is 27.8 Å². The highest BCUT2D eigenvalue weighted by Gasteiger charge is 2.29. The molecular formula is C33H29F2N5O5. The summed E-state index contributed by atoms with van der Waals surface area (Å²) in [5.41, 5.74) is 1.90. The molecule has 5 aromatic rings. The average molecular weight is 614 g/mol. The molecule has 0 spiro atoms. The fourth-order valence-electron chi connectivity index (χ4n) is 5.19. The Morgan fingerprint density at radius 2 is 1.67 bits per heavy atom. The van der Waals surface area contributed by atoms with E-state index in [1.807, 2.05) is 6.92 Å². The number of halogens is 2. The molecule has 6 rings (SSSR count). The second kappa shape index (κ2) is 11.9. The van der Waals surface area contributed by atoms with E-state index in [9.17, 15) is 14.0 Å². The zero-order chi connectivity index (χ0) is 31.8. The normalized spacial score (nSPS) is 12.6. The van der Waals surface area contributed by atoms with Gasteiger partial charge in [-0.05, 0) is 67.6 Å². The van der Waals surface area contributed by atoms with Crippen molar-refractivity contribution >= 4 is 33.9 Å². The van der Waals surface area contributed by atoms with E-state index in [0.717, 1.165) is 36.4 Å². The summed E-state index contributed by atoms with van der Waals surface area (Å²) in [6, 6.07) is 12.0. The first-order valence-corrected chi connectivity index (χ1v) is 14.1. The summed E-state index contributed by atoms with van der Waals surface area (Å²) in [6.45, 7) is 1.84. The molecule has 0 saturated heterocycles. The third-order valence-corrected chi connectivity index (χ3v) is 7.67. The lowest BCUT2D eigenvalue weighted by atomic mass is 10.1. The Morgan fingerprint density at radius 1 is 0.911 bits per heavy atom. The molecule has 0 unspecified atom stereocenters. The molecule has 0 aliphatic heterocycles. The maximum atomic E-state index is 15.3. The van der Waals surface area contributed by atoms with Gasteiger partial charge in [-0.3, -0.25) is 19.1 Å². The molecule has 0 atom stereocenters. The van der Waals surface area contributed by atoms with E-state index < -0.39 is 23.1 Å². The topological polar surface area (TPSA) is 117 Å². The molecule has 45 heavy (non-hydrogen) atoms. The number of amides is 1. The Bertz CT molecular complexity index is 2030. The number of nitrogens with zero attached hydrogens (tertiary/aromatic N) is 3. The standard InChI is InChI=1S/C33H29F2N5O5/c1-17-11-30(45-4)37-16-27(17)40-26(18-5-6-18)10-8-20(33(40)42)32(41)38-19-7-9-24(22(34)12-19)39-31-21-13-28(43-2)29(44-3)14-25(21)36-15-23(31)35/h7-16,18H,5-6H2,1-4H3,(H,36,39)(H,38,41). The Kier molecular flexibility index (Phi) is 7.79. The minimum Gasteiger partial charge on any atom is -0.493 e. The number of carbonyl (C=O) groups excluding carboxylic acids is 1. The first-order chi connectivity index (χ1) is 21.7. The lowest BCUT2D eigenvalue weighted by Crippen LogP contribution is -2.30. The third kappa shape index (κ3) is 5.62. The number of aryl methyl sites for hydroxylation is 1. The summed E-state index contributed by atoms with van der Waals surface area (Å²) >= 11 is 0. The molecule has 1 saturated carbocycles. The Balaban J connectivity index is 1.29. The summed E-state index contributed by atoms with van der Waals surface area (Å²) < 4.78 is 47.6. The van der Waals surface area contributed by atoms with E-state index in [0.29, 0.717) is 34.0 Å². The second-order valence-corrected chi connectivity index (χ2v) is 10.6. The molecule has 2 N–H and O–H groups in total.